The summed E-state index contributed by atoms with van der Waals surface area (Å²) in [5.74, 6) is -2.17. The summed E-state index contributed by atoms with van der Waals surface area (Å²) in [7, 11) is 0. The molecule has 1 N–H and O–H groups in total. The SMILES string of the molecule is CC(CCCCC(=O)O)C(=O)OC1OC(=O)c2ccccc21. The minimum Gasteiger partial charge on any atom is -0.481 e. The van der Waals surface area contributed by atoms with E-state index in [1.165, 1.54) is 0 Å². The van der Waals surface area contributed by atoms with Crippen molar-refractivity contribution in [3.63, 3.8) is 0 Å². The van der Waals surface area contributed by atoms with Gasteiger partial charge in [-0.05, 0) is 18.9 Å². The first-order chi connectivity index (χ1) is 10.5. The lowest BCUT2D eigenvalue weighted by molar-refractivity contribution is -0.172. The van der Waals surface area contributed by atoms with Gasteiger partial charge in [-0.15, -0.1) is 0 Å². The zero-order chi connectivity index (χ0) is 16.1. The Morgan fingerprint density at radius 1 is 1.32 bits per heavy atom. The number of fused-ring (bicyclic) bond motifs is 1. The molecule has 1 aromatic rings. The lowest BCUT2D eigenvalue weighted by Crippen LogP contribution is -2.18. The zero-order valence-electron chi connectivity index (χ0n) is 12.3. The first kappa shape index (κ1) is 16.0. The van der Waals surface area contributed by atoms with Crippen LogP contribution in [-0.4, -0.2) is 23.0 Å². The molecule has 0 bridgehead atoms. The molecule has 6 nitrogen and oxygen atoms in total. The monoisotopic (exact) mass is 306 g/mol. The number of ether oxygens (including phenoxy) is 2. The summed E-state index contributed by atoms with van der Waals surface area (Å²) in [6, 6.07) is 6.78. The lowest BCUT2D eigenvalue weighted by atomic mass is 10.0. The first-order valence-corrected chi connectivity index (χ1v) is 7.21. The van der Waals surface area contributed by atoms with Crippen LogP contribution in [0.15, 0.2) is 24.3 Å². The van der Waals surface area contributed by atoms with Gasteiger partial charge in [0.15, 0.2) is 0 Å². The number of carbonyl (C=O) groups is 3. The van der Waals surface area contributed by atoms with Gasteiger partial charge in [0, 0.05) is 12.0 Å². The van der Waals surface area contributed by atoms with Gasteiger partial charge >= 0.3 is 17.9 Å². The van der Waals surface area contributed by atoms with Crippen LogP contribution in [0.5, 0.6) is 0 Å². The number of carboxylic acid groups (broad SMARTS) is 1. The zero-order valence-corrected chi connectivity index (χ0v) is 12.3. The molecule has 1 aliphatic rings. The van der Waals surface area contributed by atoms with E-state index in [4.69, 9.17) is 14.6 Å². The molecule has 118 valence electrons. The van der Waals surface area contributed by atoms with Gasteiger partial charge in [0.2, 0.25) is 0 Å². The van der Waals surface area contributed by atoms with Crippen LogP contribution in [0, 0.1) is 5.92 Å². The van der Waals surface area contributed by atoms with Gasteiger partial charge in [-0.1, -0.05) is 31.5 Å². The van der Waals surface area contributed by atoms with E-state index in [1.54, 1.807) is 31.2 Å². The molecule has 0 spiro atoms. The predicted molar refractivity (Wildman–Crippen MR) is 76.0 cm³/mol. The largest absolute Gasteiger partial charge is 0.481 e. The van der Waals surface area contributed by atoms with Crippen LogP contribution in [0.1, 0.15) is 54.8 Å². The number of unbranched alkanes of at least 4 members (excludes halogenated alkanes) is 1. The molecule has 2 unspecified atom stereocenters. The fraction of sp³-hybridized carbons (Fsp3) is 0.438. The van der Waals surface area contributed by atoms with E-state index in [0.717, 1.165) is 0 Å². The normalized spacial score (nSPS) is 17.5. The number of benzene rings is 1. The second kappa shape index (κ2) is 7.06. The van der Waals surface area contributed by atoms with Crippen molar-refractivity contribution in [1.29, 1.82) is 0 Å². The summed E-state index contributed by atoms with van der Waals surface area (Å²) < 4.78 is 10.3. The Kier molecular flexibility index (Phi) is 5.14. The Labute approximate surface area is 128 Å². The highest BCUT2D eigenvalue weighted by Gasteiger charge is 2.34. The standard InChI is InChI=1S/C16H18O6/c1-10(6-2-5-9-13(17)18)14(19)21-16-12-8-4-3-7-11(12)15(20)22-16/h3-4,7-8,10,16H,2,5-6,9H2,1H3,(H,17,18). The van der Waals surface area contributed by atoms with Crippen molar-refractivity contribution in [2.45, 2.75) is 38.9 Å². The number of carbonyl (C=O) groups excluding carboxylic acids is 2. The second-order valence-corrected chi connectivity index (χ2v) is 5.30. The smallest absolute Gasteiger partial charge is 0.342 e. The van der Waals surface area contributed by atoms with Crippen LogP contribution in [0.4, 0.5) is 0 Å². The lowest BCUT2D eigenvalue weighted by Gasteiger charge is -2.15. The fourth-order valence-corrected chi connectivity index (χ4v) is 2.27. The van der Waals surface area contributed by atoms with Gasteiger partial charge < -0.3 is 14.6 Å². The molecule has 2 rings (SSSR count). The van der Waals surface area contributed by atoms with Crippen molar-refractivity contribution >= 4 is 17.9 Å². The molecule has 0 amide bonds. The van der Waals surface area contributed by atoms with E-state index in [2.05, 4.69) is 0 Å². The quantitative estimate of drug-likeness (QED) is 0.615. The fourth-order valence-electron chi connectivity index (χ4n) is 2.27. The molecule has 2 atom stereocenters. The van der Waals surface area contributed by atoms with Crippen LogP contribution in [0.3, 0.4) is 0 Å². The minimum atomic E-state index is -0.988. The number of hydrogen-bond acceptors (Lipinski definition) is 5. The molecule has 0 radical (unpaired) electrons. The number of hydrogen-bond donors (Lipinski definition) is 1. The van der Waals surface area contributed by atoms with Crippen LogP contribution in [0.2, 0.25) is 0 Å². The molecule has 0 aliphatic carbocycles. The van der Waals surface area contributed by atoms with E-state index in [-0.39, 0.29) is 12.3 Å². The van der Waals surface area contributed by atoms with Crippen LogP contribution in [-0.2, 0) is 19.1 Å². The van der Waals surface area contributed by atoms with Crippen molar-refractivity contribution in [2.24, 2.45) is 5.92 Å². The van der Waals surface area contributed by atoms with Gasteiger partial charge in [0.1, 0.15) is 0 Å². The molecular weight excluding hydrogens is 288 g/mol. The summed E-state index contributed by atoms with van der Waals surface area (Å²) in [5, 5.41) is 8.56. The summed E-state index contributed by atoms with van der Waals surface area (Å²) in [6.07, 6.45) is 0.791. The summed E-state index contributed by atoms with van der Waals surface area (Å²) in [5.41, 5.74) is 0.966. The molecule has 1 aliphatic heterocycles. The molecule has 1 aromatic carbocycles. The molecule has 1 heterocycles. The van der Waals surface area contributed by atoms with E-state index < -0.39 is 24.2 Å². The van der Waals surface area contributed by atoms with E-state index in [9.17, 15) is 14.4 Å². The van der Waals surface area contributed by atoms with Gasteiger partial charge in [-0.3, -0.25) is 9.59 Å². The summed E-state index contributed by atoms with van der Waals surface area (Å²) >= 11 is 0. The third-order valence-electron chi connectivity index (χ3n) is 3.55. The highest BCUT2D eigenvalue weighted by atomic mass is 16.7. The maximum atomic E-state index is 12.0. The topological polar surface area (TPSA) is 89.9 Å². The Morgan fingerprint density at radius 3 is 2.77 bits per heavy atom. The average molecular weight is 306 g/mol. The van der Waals surface area contributed by atoms with Crippen LogP contribution < -0.4 is 0 Å². The van der Waals surface area contributed by atoms with E-state index in [0.29, 0.717) is 30.4 Å². The molecule has 0 aromatic heterocycles. The van der Waals surface area contributed by atoms with Gasteiger partial charge in [-0.25, -0.2) is 4.79 Å². The van der Waals surface area contributed by atoms with Gasteiger partial charge in [0.25, 0.3) is 6.29 Å². The Balaban J connectivity index is 1.85. The van der Waals surface area contributed by atoms with Crippen molar-refractivity contribution < 1.29 is 29.0 Å². The van der Waals surface area contributed by atoms with Crippen molar-refractivity contribution in [3.8, 4) is 0 Å². The highest BCUT2D eigenvalue weighted by molar-refractivity contribution is 5.94. The predicted octanol–water partition coefficient (Wildman–Crippen LogP) is 2.68. The third-order valence-corrected chi connectivity index (χ3v) is 3.55. The number of aliphatic carboxylic acids is 1. The third kappa shape index (κ3) is 3.84. The van der Waals surface area contributed by atoms with Gasteiger partial charge in [-0.2, -0.15) is 0 Å². The molecular formula is C16H18O6. The molecule has 0 fully saturated rings. The van der Waals surface area contributed by atoms with E-state index >= 15 is 0 Å². The number of carboxylic acids is 1. The minimum absolute atomic E-state index is 0.0926. The highest BCUT2D eigenvalue weighted by Crippen LogP contribution is 2.32. The van der Waals surface area contributed by atoms with Gasteiger partial charge in [0.05, 0.1) is 11.5 Å². The number of esters is 2. The summed E-state index contributed by atoms with van der Waals surface area (Å²) in [6.45, 7) is 1.71. The summed E-state index contributed by atoms with van der Waals surface area (Å²) in [4.78, 5) is 34.1. The maximum absolute atomic E-state index is 12.0. The molecule has 6 heteroatoms. The van der Waals surface area contributed by atoms with E-state index in [1.807, 2.05) is 0 Å². The molecule has 0 saturated heterocycles. The maximum Gasteiger partial charge on any atom is 0.342 e. The molecule has 0 saturated carbocycles. The van der Waals surface area contributed by atoms with Crippen LogP contribution in [0.25, 0.3) is 0 Å². The Morgan fingerprint density at radius 2 is 2.05 bits per heavy atom. The van der Waals surface area contributed by atoms with Crippen molar-refractivity contribution in [3.05, 3.63) is 35.4 Å². The Bertz CT molecular complexity index is 580. The number of cyclic esters (lactones) is 1. The second-order valence-electron chi connectivity index (χ2n) is 5.30. The average Bonchev–Trinajstić information content (AvgIpc) is 2.80. The first-order valence-electron chi connectivity index (χ1n) is 7.21. The molecule has 22 heavy (non-hydrogen) atoms. The van der Waals surface area contributed by atoms with Crippen molar-refractivity contribution in [2.75, 3.05) is 0 Å². The van der Waals surface area contributed by atoms with Crippen LogP contribution >= 0.6 is 0 Å². The van der Waals surface area contributed by atoms with Crippen molar-refractivity contribution in [1.82, 2.24) is 0 Å². The number of rotatable bonds is 7. The Hall–Kier alpha value is -2.37.